The van der Waals surface area contributed by atoms with E-state index in [1.54, 1.807) is 0 Å². The summed E-state index contributed by atoms with van der Waals surface area (Å²) < 4.78 is 0. The van der Waals surface area contributed by atoms with Gasteiger partial charge in [0.1, 0.15) is 0 Å². The summed E-state index contributed by atoms with van der Waals surface area (Å²) in [7, 11) is 0. The number of benzene rings is 2. The fourth-order valence-corrected chi connectivity index (χ4v) is 4.76. The number of nitrogens with one attached hydrogen (secondary N) is 1. The first-order valence-corrected chi connectivity index (χ1v) is 10.8. The number of hydrogen-bond donors (Lipinski definition) is 2. The summed E-state index contributed by atoms with van der Waals surface area (Å²) in [6.45, 7) is 6.58. The number of aliphatic hydroxyl groups excluding tert-OH is 1. The molecule has 0 radical (unpaired) electrons. The molecule has 2 aliphatic rings. The third-order valence-electron chi connectivity index (χ3n) is 6.43. The minimum Gasteiger partial charge on any atom is -0.395 e. The highest BCUT2D eigenvalue weighted by atomic mass is 16.3. The van der Waals surface area contributed by atoms with E-state index < -0.39 is 0 Å². The van der Waals surface area contributed by atoms with Crippen LogP contribution in [0.2, 0.25) is 0 Å². The maximum Gasteiger partial charge on any atom is 0.0558 e. The minimum absolute atomic E-state index is 0.268. The summed E-state index contributed by atoms with van der Waals surface area (Å²) in [5.41, 5.74) is 4.22. The van der Waals surface area contributed by atoms with E-state index in [2.05, 4.69) is 69.7 Å². The minimum atomic E-state index is 0.268. The van der Waals surface area contributed by atoms with Crippen LogP contribution in [0.25, 0.3) is 0 Å². The van der Waals surface area contributed by atoms with Crippen LogP contribution in [0, 0.1) is 0 Å². The molecule has 0 amide bonds. The summed E-state index contributed by atoms with van der Waals surface area (Å²) in [5.74, 6) is 0.546. The smallest absolute Gasteiger partial charge is 0.0558 e. The Bertz CT molecular complexity index is 728. The molecule has 0 bridgehead atoms. The van der Waals surface area contributed by atoms with E-state index in [1.165, 1.54) is 23.2 Å². The van der Waals surface area contributed by atoms with Gasteiger partial charge < -0.3 is 15.3 Å². The van der Waals surface area contributed by atoms with Crippen LogP contribution >= 0.6 is 0 Å². The Morgan fingerprint density at radius 3 is 2.29 bits per heavy atom. The Labute approximate surface area is 169 Å². The van der Waals surface area contributed by atoms with Gasteiger partial charge in [-0.05, 0) is 36.5 Å². The molecule has 0 spiro atoms. The molecule has 1 fully saturated rings. The maximum absolute atomic E-state index is 9.14. The van der Waals surface area contributed by atoms with E-state index in [0.717, 1.165) is 52.1 Å². The zero-order chi connectivity index (χ0) is 19.2. The predicted octanol–water partition coefficient (Wildman–Crippen LogP) is 3.20. The van der Waals surface area contributed by atoms with Gasteiger partial charge in [-0.3, -0.25) is 4.90 Å². The number of fused-ring (bicyclic) bond motifs is 1. The molecule has 1 saturated heterocycles. The molecule has 2 aromatic rings. The third kappa shape index (κ3) is 4.75. The molecule has 4 nitrogen and oxygen atoms in total. The quantitative estimate of drug-likeness (QED) is 0.809. The molecule has 0 saturated carbocycles. The molecule has 2 unspecified atom stereocenters. The fourth-order valence-electron chi connectivity index (χ4n) is 4.76. The van der Waals surface area contributed by atoms with Gasteiger partial charge in [-0.15, -0.1) is 0 Å². The van der Waals surface area contributed by atoms with Crippen LogP contribution < -0.4 is 5.32 Å². The van der Waals surface area contributed by atoms with Crippen LogP contribution in [0.5, 0.6) is 0 Å². The molecule has 150 valence electrons. The molecule has 2 aliphatic heterocycles. The molecular weight excluding hydrogens is 346 g/mol. The maximum atomic E-state index is 9.14. The number of rotatable bonds is 6. The van der Waals surface area contributed by atoms with E-state index in [9.17, 15) is 0 Å². The molecule has 2 heterocycles. The van der Waals surface area contributed by atoms with Crippen molar-refractivity contribution in [3.8, 4) is 0 Å². The lowest BCUT2D eigenvalue weighted by Gasteiger charge is -2.36. The number of nitrogens with zero attached hydrogens (tertiary/aromatic N) is 2. The summed E-state index contributed by atoms with van der Waals surface area (Å²) in [5, 5.41) is 13.0. The van der Waals surface area contributed by atoms with Crippen LogP contribution in [0.4, 0.5) is 5.69 Å². The van der Waals surface area contributed by atoms with Crippen molar-refractivity contribution < 1.29 is 5.11 Å². The van der Waals surface area contributed by atoms with Crippen molar-refractivity contribution in [3.63, 3.8) is 0 Å². The zero-order valence-corrected chi connectivity index (χ0v) is 16.8. The summed E-state index contributed by atoms with van der Waals surface area (Å²) >= 11 is 0. The Hall–Kier alpha value is -1.88. The number of hydrogen-bond acceptors (Lipinski definition) is 4. The van der Waals surface area contributed by atoms with E-state index in [-0.39, 0.29) is 6.61 Å². The van der Waals surface area contributed by atoms with E-state index in [4.69, 9.17) is 5.11 Å². The van der Waals surface area contributed by atoms with Gasteiger partial charge in [0.2, 0.25) is 0 Å². The average Bonchev–Trinajstić information content (AvgIpc) is 2.93. The van der Waals surface area contributed by atoms with E-state index in [1.807, 2.05) is 0 Å². The standard InChI is InChI=1S/C24H33N3O/c28-19-18-27-16-14-26(15-17-27)13-12-24-22(20-6-2-1-3-7-20)11-10-21-8-4-5-9-23(21)25-24/h1-9,22,24-25,28H,10-19H2. The Morgan fingerprint density at radius 1 is 0.857 bits per heavy atom. The SMILES string of the molecule is OCCN1CCN(CCC2Nc3ccccc3CCC2c2ccccc2)CC1. The topological polar surface area (TPSA) is 38.7 Å². The molecule has 2 atom stereocenters. The number of β-amino-alcohol motifs (C(OH)–C–C–N with tert-alkyl or cyclic N) is 1. The highest BCUT2D eigenvalue weighted by Gasteiger charge is 2.27. The van der Waals surface area contributed by atoms with Gasteiger partial charge in [0.05, 0.1) is 6.61 Å². The second-order valence-corrected chi connectivity index (χ2v) is 8.16. The third-order valence-corrected chi connectivity index (χ3v) is 6.43. The molecule has 4 rings (SSSR count). The largest absolute Gasteiger partial charge is 0.395 e. The second-order valence-electron chi connectivity index (χ2n) is 8.16. The van der Waals surface area contributed by atoms with Crippen LogP contribution in [-0.2, 0) is 6.42 Å². The monoisotopic (exact) mass is 379 g/mol. The summed E-state index contributed by atoms with van der Waals surface area (Å²) in [6, 6.07) is 20.3. The van der Waals surface area contributed by atoms with Crippen molar-refractivity contribution in [1.82, 2.24) is 9.80 Å². The highest BCUT2D eigenvalue weighted by Crippen LogP contribution is 2.34. The molecule has 2 aromatic carbocycles. The fraction of sp³-hybridized carbons (Fsp3) is 0.500. The van der Waals surface area contributed by atoms with Crippen molar-refractivity contribution in [2.45, 2.75) is 31.2 Å². The molecule has 0 aromatic heterocycles. The van der Waals surface area contributed by atoms with Crippen molar-refractivity contribution in [1.29, 1.82) is 0 Å². The Kier molecular flexibility index (Phi) is 6.63. The number of aryl methyl sites for hydroxylation is 1. The van der Waals surface area contributed by atoms with Crippen molar-refractivity contribution >= 4 is 5.69 Å². The van der Waals surface area contributed by atoms with Gasteiger partial charge in [-0.25, -0.2) is 0 Å². The first kappa shape index (κ1) is 19.4. The molecular formula is C24H33N3O. The van der Waals surface area contributed by atoms with E-state index in [0.29, 0.717) is 12.0 Å². The normalized spacial score (nSPS) is 23.6. The highest BCUT2D eigenvalue weighted by molar-refractivity contribution is 5.53. The van der Waals surface area contributed by atoms with Crippen LogP contribution in [0.1, 0.15) is 29.9 Å². The summed E-state index contributed by atoms with van der Waals surface area (Å²) in [4.78, 5) is 4.96. The van der Waals surface area contributed by atoms with Crippen LogP contribution in [0.15, 0.2) is 54.6 Å². The van der Waals surface area contributed by atoms with Gasteiger partial charge in [-0.1, -0.05) is 48.5 Å². The molecule has 0 aliphatic carbocycles. The number of para-hydroxylation sites is 1. The van der Waals surface area contributed by atoms with Gasteiger partial charge in [0.25, 0.3) is 0 Å². The second kappa shape index (κ2) is 9.55. The van der Waals surface area contributed by atoms with Crippen LogP contribution in [0.3, 0.4) is 0 Å². The summed E-state index contributed by atoms with van der Waals surface area (Å²) in [6.07, 6.45) is 3.50. The zero-order valence-electron chi connectivity index (χ0n) is 16.8. The van der Waals surface area contributed by atoms with Crippen molar-refractivity contribution in [2.75, 3.05) is 51.2 Å². The van der Waals surface area contributed by atoms with Crippen molar-refractivity contribution in [3.05, 3.63) is 65.7 Å². The average molecular weight is 380 g/mol. The van der Waals surface area contributed by atoms with E-state index >= 15 is 0 Å². The number of anilines is 1. The molecule has 28 heavy (non-hydrogen) atoms. The lowest BCUT2D eigenvalue weighted by Crippen LogP contribution is -2.48. The Balaban J connectivity index is 1.44. The lowest BCUT2D eigenvalue weighted by atomic mass is 9.86. The predicted molar refractivity (Wildman–Crippen MR) is 116 cm³/mol. The van der Waals surface area contributed by atoms with Gasteiger partial charge in [0.15, 0.2) is 0 Å². The first-order chi connectivity index (χ1) is 13.8. The van der Waals surface area contributed by atoms with Gasteiger partial charge in [0, 0.05) is 56.9 Å². The lowest BCUT2D eigenvalue weighted by molar-refractivity contribution is 0.110. The first-order valence-electron chi connectivity index (χ1n) is 10.8. The van der Waals surface area contributed by atoms with Gasteiger partial charge >= 0.3 is 0 Å². The number of aliphatic hydroxyl groups is 1. The Morgan fingerprint density at radius 2 is 1.54 bits per heavy atom. The molecule has 4 heteroatoms. The van der Waals surface area contributed by atoms with Gasteiger partial charge in [-0.2, -0.15) is 0 Å². The van der Waals surface area contributed by atoms with Crippen molar-refractivity contribution in [2.24, 2.45) is 0 Å². The molecule has 2 N–H and O–H groups in total. The van der Waals surface area contributed by atoms with Crippen LogP contribution in [-0.4, -0.2) is 66.8 Å². The number of piperazine rings is 1.